The fraction of sp³-hybridized carbons (Fsp3) is 0.471. The van der Waals surface area contributed by atoms with Gasteiger partial charge in [-0.2, -0.15) is 13.2 Å². The zero-order chi connectivity index (χ0) is 19.9. The molecule has 0 fully saturated rings. The van der Waals surface area contributed by atoms with Crippen LogP contribution < -0.4 is 15.4 Å². The van der Waals surface area contributed by atoms with Crippen molar-refractivity contribution < 1.29 is 17.9 Å². The van der Waals surface area contributed by atoms with Crippen molar-refractivity contribution in [1.82, 2.24) is 20.6 Å². The molecule has 0 radical (unpaired) electrons. The summed E-state index contributed by atoms with van der Waals surface area (Å²) >= 11 is 0.957. The van der Waals surface area contributed by atoms with Gasteiger partial charge in [-0.25, -0.2) is 15.0 Å². The van der Waals surface area contributed by atoms with Gasteiger partial charge in [0.2, 0.25) is 5.88 Å². The number of nitrogens with one attached hydrogen (secondary N) is 2. The number of aromatic nitrogens is 2. The molecule has 2 rings (SSSR count). The molecule has 0 saturated heterocycles. The Morgan fingerprint density at radius 1 is 1.30 bits per heavy atom. The first-order valence-electron chi connectivity index (χ1n) is 8.43. The predicted molar refractivity (Wildman–Crippen MR) is 98.8 cm³/mol. The smallest absolute Gasteiger partial charge is 0.434 e. The van der Waals surface area contributed by atoms with Gasteiger partial charge in [0.25, 0.3) is 0 Å². The van der Waals surface area contributed by atoms with E-state index < -0.39 is 11.9 Å². The SMILES string of the molecule is CCNC(=NCc1ccc(OC(C)C)nc1)NCc1nc(C(F)(F)F)cs1. The van der Waals surface area contributed by atoms with Gasteiger partial charge in [0.1, 0.15) is 5.01 Å². The van der Waals surface area contributed by atoms with Crippen LogP contribution in [0.15, 0.2) is 28.7 Å². The first kappa shape index (κ1) is 20.9. The minimum absolute atomic E-state index is 0.0506. The first-order chi connectivity index (χ1) is 12.8. The molecule has 0 atom stereocenters. The summed E-state index contributed by atoms with van der Waals surface area (Å²) in [4.78, 5) is 12.2. The van der Waals surface area contributed by atoms with Crippen LogP contribution in [0.5, 0.6) is 5.88 Å². The number of ether oxygens (including phenoxy) is 1. The molecule has 2 heterocycles. The molecule has 27 heavy (non-hydrogen) atoms. The van der Waals surface area contributed by atoms with Crippen LogP contribution in [0, 0.1) is 0 Å². The van der Waals surface area contributed by atoms with Crippen molar-refractivity contribution in [3.05, 3.63) is 40.0 Å². The van der Waals surface area contributed by atoms with E-state index in [2.05, 4.69) is 25.6 Å². The topological polar surface area (TPSA) is 71.4 Å². The van der Waals surface area contributed by atoms with Crippen molar-refractivity contribution in [2.24, 2.45) is 4.99 Å². The van der Waals surface area contributed by atoms with Gasteiger partial charge >= 0.3 is 6.18 Å². The molecule has 6 nitrogen and oxygen atoms in total. The van der Waals surface area contributed by atoms with Crippen LogP contribution in [-0.2, 0) is 19.3 Å². The Bertz CT molecular complexity index is 744. The van der Waals surface area contributed by atoms with Gasteiger partial charge in [-0.05, 0) is 26.3 Å². The Morgan fingerprint density at radius 2 is 2.07 bits per heavy atom. The largest absolute Gasteiger partial charge is 0.475 e. The maximum absolute atomic E-state index is 12.6. The van der Waals surface area contributed by atoms with Crippen molar-refractivity contribution in [3.8, 4) is 5.88 Å². The Kier molecular flexibility index (Phi) is 7.40. The molecule has 0 aliphatic carbocycles. The summed E-state index contributed by atoms with van der Waals surface area (Å²) in [5.74, 6) is 1.04. The molecule has 0 unspecified atom stereocenters. The van der Waals surface area contributed by atoms with E-state index in [0.717, 1.165) is 22.3 Å². The lowest BCUT2D eigenvalue weighted by atomic mass is 10.3. The van der Waals surface area contributed by atoms with Crippen LogP contribution in [-0.4, -0.2) is 28.6 Å². The van der Waals surface area contributed by atoms with Crippen molar-refractivity contribution in [3.63, 3.8) is 0 Å². The van der Waals surface area contributed by atoms with Crippen LogP contribution in [0.1, 0.15) is 37.0 Å². The van der Waals surface area contributed by atoms with Crippen molar-refractivity contribution in [1.29, 1.82) is 0 Å². The van der Waals surface area contributed by atoms with Gasteiger partial charge in [-0.1, -0.05) is 6.07 Å². The summed E-state index contributed by atoms with van der Waals surface area (Å²) in [6.07, 6.45) is -2.69. The number of pyridine rings is 1. The van der Waals surface area contributed by atoms with Gasteiger partial charge in [0.15, 0.2) is 11.7 Å². The number of guanidine groups is 1. The highest BCUT2D eigenvalue weighted by Crippen LogP contribution is 2.29. The second kappa shape index (κ2) is 9.54. The Morgan fingerprint density at radius 3 is 2.63 bits per heavy atom. The molecule has 0 saturated carbocycles. The summed E-state index contributed by atoms with van der Waals surface area (Å²) in [6, 6.07) is 3.65. The zero-order valence-electron chi connectivity index (χ0n) is 15.3. The van der Waals surface area contributed by atoms with E-state index in [9.17, 15) is 13.2 Å². The quantitative estimate of drug-likeness (QED) is 0.548. The summed E-state index contributed by atoms with van der Waals surface area (Å²) < 4.78 is 43.3. The number of alkyl halides is 3. The molecular formula is C17H22F3N5OS. The summed E-state index contributed by atoms with van der Waals surface area (Å²) in [5, 5.41) is 7.38. The van der Waals surface area contributed by atoms with Gasteiger partial charge in [-0.15, -0.1) is 11.3 Å². The molecule has 10 heteroatoms. The maximum Gasteiger partial charge on any atom is 0.434 e. The second-order valence-electron chi connectivity index (χ2n) is 5.84. The third-order valence-corrected chi connectivity index (χ3v) is 4.02. The Balaban J connectivity index is 1.94. The van der Waals surface area contributed by atoms with E-state index in [0.29, 0.717) is 29.9 Å². The molecule has 2 N–H and O–H groups in total. The Hall–Kier alpha value is -2.36. The van der Waals surface area contributed by atoms with Crippen molar-refractivity contribution >= 4 is 17.3 Å². The van der Waals surface area contributed by atoms with Crippen molar-refractivity contribution in [2.75, 3.05) is 6.54 Å². The molecule has 0 amide bonds. The van der Waals surface area contributed by atoms with Gasteiger partial charge < -0.3 is 15.4 Å². The number of rotatable bonds is 7. The highest BCUT2D eigenvalue weighted by Gasteiger charge is 2.33. The van der Waals surface area contributed by atoms with Crippen molar-refractivity contribution in [2.45, 2.75) is 46.1 Å². The fourth-order valence-corrected chi connectivity index (χ4v) is 2.75. The maximum atomic E-state index is 12.6. The van der Waals surface area contributed by atoms with Gasteiger partial charge in [0.05, 0.1) is 19.2 Å². The van der Waals surface area contributed by atoms with Crippen LogP contribution in [0.3, 0.4) is 0 Å². The molecule has 0 bridgehead atoms. The third kappa shape index (κ3) is 7.05. The number of aliphatic imine (C=N–C) groups is 1. The molecule has 2 aromatic heterocycles. The van der Waals surface area contributed by atoms with E-state index in [1.807, 2.05) is 26.8 Å². The molecule has 0 aromatic carbocycles. The van der Waals surface area contributed by atoms with E-state index in [-0.39, 0.29) is 12.6 Å². The van der Waals surface area contributed by atoms with Gasteiger partial charge in [0, 0.05) is 24.2 Å². The Labute approximate surface area is 159 Å². The minimum atomic E-state index is -4.42. The van der Waals surface area contributed by atoms with Crippen LogP contribution in [0.4, 0.5) is 13.2 Å². The van der Waals surface area contributed by atoms with Crippen LogP contribution >= 0.6 is 11.3 Å². The lowest BCUT2D eigenvalue weighted by molar-refractivity contribution is -0.140. The number of nitrogens with zero attached hydrogens (tertiary/aromatic N) is 3. The number of halogens is 3. The average Bonchev–Trinajstić information content (AvgIpc) is 3.07. The van der Waals surface area contributed by atoms with Crippen LogP contribution in [0.2, 0.25) is 0 Å². The molecule has 0 spiro atoms. The summed E-state index contributed by atoms with van der Waals surface area (Å²) in [5.41, 5.74) is 0.0120. The molecular weight excluding hydrogens is 379 g/mol. The number of hydrogen-bond donors (Lipinski definition) is 2. The van der Waals surface area contributed by atoms with Crippen LogP contribution in [0.25, 0.3) is 0 Å². The molecule has 148 valence electrons. The highest BCUT2D eigenvalue weighted by atomic mass is 32.1. The highest BCUT2D eigenvalue weighted by molar-refractivity contribution is 7.09. The normalized spacial score (nSPS) is 12.3. The minimum Gasteiger partial charge on any atom is -0.475 e. The standard InChI is InChI=1S/C17H22F3N5OS/c1-4-21-16(24-9-15-25-13(10-27-15)17(18,19)20)23-8-12-5-6-14(22-7-12)26-11(2)3/h5-7,10-11H,4,8-9H2,1-3H3,(H2,21,23,24). The number of hydrogen-bond acceptors (Lipinski definition) is 5. The number of thiazole rings is 1. The monoisotopic (exact) mass is 401 g/mol. The lowest BCUT2D eigenvalue weighted by Crippen LogP contribution is -2.36. The van der Waals surface area contributed by atoms with E-state index >= 15 is 0 Å². The van der Waals surface area contributed by atoms with E-state index in [1.54, 1.807) is 12.3 Å². The van der Waals surface area contributed by atoms with E-state index in [4.69, 9.17) is 4.74 Å². The third-order valence-electron chi connectivity index (χ3n) is 3.17. The summed E-state index contributed by atoms with van der Waals surface area (Å²) in [7, 11) is 0. The average molecular weight is 401 g/mol. The molecule has 0 aliphatic rings. The zero-order valence-corrected chi connectivity index (χ0v) is 16.1. The summed E-state index contributed by atoms with van der Waals surface area (Å²) in [6.45, 7) is 6.91. The molecule has 2 aromatic rings. The van der Waals surface area contributed by atoms with Gasteiger partial charge in [-0.3, -0.25) is 0 Å². The second-order valence-corrected chi connectivity index (χ2v) is 6.79. The molecule has 0 aliphatic heterocycles. The van der Waals surface area contributed by atoms with E-state index in [1.165, 1.54) is 0 Å². The predicted octanol–water partition coefficient (Wildman–Crippen LogP) is 3.60. The fourth-order valence-electron chi connectivity index (χ4n) is 2.01. The first-order valence-corrected chi connectivity index (χ1v) is 9.31. The lowest BCUT2D eigenvalue weighted by Gasteiger charge is -2.11.